The van der Waals surface area contributed by atoms with Gasteiger partial charge in [0.25, 0.3) is 11.8 Å². The van der Waals surface area contributed by atoms with Gasteiger partial charge in [-0.05, 0) is 87.0 Å². The fraction of sp³-hybridized carbons (Fsp3) is 0.258. The minimum absolute atomic E-state index is 0.0110. The fourth-order valence-electron chi connectivity index (χ4n) is 3.88. The molecule has 1 heterocycles. The molecule has 0 spiro atoms. The Hall–Kier alpha value is -4.04. The van der Waals surface area contributed by atoms with Crippen molar-refractivity contribution in [3.8, 4) is 11.5 Å². The van der Waals surface area contributed by atoms with E-state index in [9.17, 15) is 9.59 Å². The Kier molecular flexibility index (Phi) is 9.44. The van der Waals surface area contributed by atoms with Crippen molar-refractivity contribution in [3.63, 3.8) is 0 Å². The van der Waals surface area contributed by atoms with Crippen LogP contribution in [0.25, 0.3) is 6.08 Å². The van der Waals surface area contributed by atoms with E-state index in [1.54, 1.807) is 11.0 Å². The van der Waals surface area contributed by atoms with E-state index in [1.807, 2.05) is 93.6 Å². The number of ether oxygens (including phenoxy) is 2. The van der Waals surface area contributed by atoms with Crippen molar-refractivity contribution in [3.05, 3.63) is 88.8 Å². The Labute approximate surface area is 233 Å². The number of hydrogen-bond acceptors (Lipinski definition) is 6. The number of benzene rings is 3. The van der Waals surface area contributed by atoms with Gasteiger partial charge in [0.05, 0.1) is 17.2 Å². The highest BCUT2D eigenvalue weighted by molar-refractivity contribution is 8.18. The lowest BCUT2D eigenvalue weighted by atomic mass is 10.1. The first kappa shape index (κ1) is 28.0. The number of amides is 2. The number of hydrogen-bond donors (Lipinski definition) is 1. The Morgan fingerprint density at radius 3 is 2.46 bits per heavy atom. The van der Waals surface area contributed by atoms with E-state index < -0.39 is 0 Å². The molecule has 39 heavy (non-hydrogen) atoms. The summed E-state index contributed by atoms with van der Waals surface area (Å²) in [5, 5.41) is 3.47. The van der Waals surface area contributed by atoms with Crippen molar-refractivity contribution in [2.45, 2.75) is 40.2 Å². The first-order chi connectivity index (χ1) is 18.9. The van der Waals surface area contributed by atoms with Gasteiger partial charge in [0.2, 0.25) is 0 Å². The second-order valence-corrected chi connectivity index (χ2v) is 10.1. The number of nitrogens with zero attached hydrogens (tertiary/aromatic N) is 2. The van der Waals surface area contributed by atoms with Gasteiger partial charge in [0.1, 0.15) is 0 Å². The third-order valence-electron chi connectivity index (χ3n) is 6.11. The Morgan fingerprint density at radius 2 is 1.77 bits per heavy atom. The van der Waals surface area contributed by atoms with Crippen LogP contribution in [0.1, 0.15) is 38.3 Å². The highest BCUT2D eigenvalue weighted by Gasteiger charge is 2.36. The summed E-state index contributed by atoms with van der Waals surface area (Å²) in [5.74, 6) is 0.613. The maximum atomic E-state index is 13.4. The van der Waals surface area contributed by atoms with Crippen LogP contribution in [-0.2, 0) is 9.59 Å². The molecule has 3 aromatic carbocycles. The molecular formula is C31H33N3O4S. The van der Waals surface area contributed by atoms with Crippen molar-refractivity contribution in [1.82, 2.24) is 4.90 Å². The van der Waals surface area contributed by atoms with Crippen molar-refractivity contribution in [1.29, 1.82) is 0 Å². The zero-order valence-electron chi connectivity index (χ0n) is 22.6. The average Bonchev–Trinajstić information content (AvgIpc) is 3.23. The molecule has 0 bridgehead atoms. The molecule has 0 radical (unpaired) electrons. The number of aliphatic imine (C=N–C) groups is 1. The van der Waals surface area contributed by atoms with Crippen molar-refractivity contribution < 1.29 is 19.1 Å². The predicted molar refractivity (Wildman–Crippen MR) is 159 cm³/mol. The van der Waals surface area contributed by atoms with E-state index >= 15 is 0 Å². The number of anilines is 1. The monoisotopic (exact) mass is 543 g/mol. The number of aryl methyl sites for hydroxylation is 1. The highest BCUT2D eigenvalue weighted by Crippen LogP contribution is 2.37. The van der Waals surface area contributed by atoms with Crippen LogP contribution in [0.4, 0.5) is 11.4 Å². The molecule has 0 aromatic heterocycles. The second kappa shape index (κ2) is 13.2. The maximum Gasteiger partial charge on any atom is 0.266 e. The molecule has 8 heteroatoms. The summed E-state index contributed by atoms with van der Waals surface area (Å²) in [6, 6.07) is 22.6. The third kappa shape index (κ3) is 7.29. The first-order valence-electron chi connectivity index (χ1n) is 13.0. The van der Waals surface area contributed by atoms with E-state index in [0.29, 0.717) is 33.9 Å². The van der Waals surface area contributed by atoms with Crippen LogP contribution in [0.15, 0.2) is 82.7 Å². The summed E-state index contributed by atoms with van der Waals surface area (Å²) < 4.78 is 11.6. The fourth-order valence-corrected chi connectivity index (χ4v) is 4.97. The lowest BCUT2D eigenvalue weighted by Gasteiger charge is -2.22. The molecule has 1 N–H and O–H groups in total. The van der Waals surface area contributed by atoms with E-state index in [2.05, 4.69) is 12.2 Å². The Bertz CT molecular complexity index is 1370. The molecule has 0 aliphatic carbocycles. The zero-order valence-corrected chi connectivity index (χ0v) is 23.5. The topological polar surface area (TPSA) is 80.2 Å². The molecule has 1 aliphatic rings. The van der Waals surface area contributed by atoms with E-state index in [4.69, 9.17) is 14.5 Å². The largest absolute Gasteiger partial charge is 0.490 e. The Balaban J connectivity index is 1.53. The highest BCUT2D eigenvalue weighted by atomic mass is 32.2. The SMILES string of the molecule is CCOc1cc(/C=C2/SC(=Nc3ccc(C)cc3)N([C@@H](C)CC)C2=O)ccc1OCC(=O)Nc1ccccc1. The minimum atomic E-state index is -0.270. The Morgan fingerprint density at radius 1 is 1.03 bits per heavy atom. The van der Waals surface area contributed by atoms with Gasteiger partial charge >= 0.3 is 0 Å². The predicted octanol–water partition coefficient (Wildman–Crippen LogP) is 6.81. The van der Waals surface area contributed by atoms with Gasteiger partial charge < -0.3 is 14.8 Å². The summed E-state index contributed by atoms with van der Waals surface area (Å²) in [5.41, 5.74) is 3.45. The molecule has 4 rings (SSSR count). The van der Waals surface area contributed by atoms with E-state index in [-0.39, 0.29) is 24.5 Å². The van der Waals surface area contributed by atoms with Crippen LogP contribution in [0, 0.1) is 6.92 Å². The molecule has 202 valence electrons. The third-order valence-corrected chi connectivity index (χ3v) is 7.09. The van der Waals surface area contributed by atoms with Crippen LogP contribution in [0.2, 0.25) is 0 Å². The smallest absolute Gasteiger partial charge is 0.266 e. The first-order valence-corrected chi connectivity index (χ1v) is 13.8. The second-order valence-electron chi connectivity index (χ2n) is 9.12. The van der Waals surface area contributed by atoms with E-state index in [1.165, 1.54) is 11.8 Å². The van der Waals surface area contributed by atoms with Gasteiger partial charge in [-0.25, -0.2) is 4.99 Å². The molecule has 1 atom stereocenters. The normalized spacial score (nSPS) is 16.0. The molecule has 1 fully saturated rings. The van der Waals surface area contributed by atoms with Gasteiger partial charge in [-0.15, -0.1) is 0 Å². The molecule has 1 aliphatic heterocycles. The van der Waals surface area contributed by atoms with E-state index in [0.717, 1.165) is 23.2 Å². The number of carbonyl (C=O) groups excluding carboxylic acids is 2. The minimum Gasteiger partial charge on any atom is -0.490 e. The number of carbonyl (C=O) groups is 2. The van der Waals surface area contributed by atoms with Crippen LogP contribution in [0.3, 0.4) is 0 Å². The quantitative estimate of drug-likeness (QED) is 0.284. The van der Waals surface area contributed by atoms with Gasteiger partial charge in [-0.2, -0.15) is 0 Å². The van der Waals surface area contributed by atoms with Crippen LogP contribution in [-0.4, -0.2) is 41.1 Å². The summed E-state index contributed by atoms with van der Waals surface area (Å²) in [7, 11) is 0. The molecule has 1 saturated heterocycles. The van der Waals surface area contributed by atoms with Crippen LogP contribution < -0.4 is 14.8 Å². The number of para-hydroxylation sites is 1. The van der Waals surface area contributed by atoms with Crippen molar-refractivity contribution >= 4 is 46.2 Å². The lowest BCUT2D eigenvalue weighted by Crippen LogP contribution is -2.36. The molecule has 7 nitrogen and oxygen atoms in total. The number of thioether (sulfide) groups is 1. The summed E-state index contributed by atoms with van der Waals surface area (Å²) in [6.45, 7) is 8.26. The van der Waals surface area contributed by atoms with Crippen LogP contribution >= 0.6 is 11.8 Å². The molecule has 0 unspecified atom stereocenters. The van der Waals surface area contributed by atoms with Crippen molar-refractivity contribution in [2.24, 2.45) is 4.99 Å². The maximum absolute atomic E-state index is 13.4. The molecular weight excluding hydrogens is 510 g/mol. The molecule has 3 aromatic rings. The van der Waals surface area contributed by atoms with Gasteiger partial charge in [-0.1, -0.05) is 48.9 Å². The molecule has 0 saturated carbocycles. The summed E-state index contributed by atoms with van der Waals surface area (Å²) in [4.78, 5) is 32.9. The van der Waals surface area contributed by atoms with Crippen molar-refractivity contribution in [2.75, 3.05) is 18.5 Å². The average molecular weight is 544 g/mol. The van der Waals surface area contributed by atoms with Gasteiger partial charge in [-0.3, -0.25) is 14.5 Å². The number of nitrogens with one attached hydrogen (secondary N) is 1. The number of amidine groups is 1. The zero-order chi connectivity index (χ0) is 27.8. The van der Waals surface area contributed by atoms with Gasteiger partial charge in [0.15, 0.2) is 23.3 Å². The lowest BCUT2D eigenvalue weighted by molar-refractivity contribution is -0.123. The summed E-state index contributed by atoms with van der Waals surface area (Å²) in [6.07, 6.45) is 2.65. The van der Waals surface area contributed by atoms with Crippen LogP contribution in [0.5, 0.6) is 11.5 Å². The number of rotatable bonds is 10. The summed E-state index contributed by atoms with van der Waals surface area (Å²) >= 11 is 1.37. The van der Waals surface area contributed by atoms with Gasteiger partial charge in [0, 0.05) is 11.7 Å². The standard InChI is InChI=1S/C31H33N3O4S/c1-5-22(4)34-30(36)28(39-31(34)33-25-15-12-21(3)13-16-25)19-23-14-17-26(27(18-23)37-6-2)38-20-29(35)32-24-10-8-7-9-11-24/h7-19,22H,5-6,20H2,1-4H3,(H,32,35)/b28-19+,33-31?/t22-/m0/s1. The molecule has 2 amide bonds.